The molecule has 0 aliphatic carbocycles. The fourth-order valence-electron chi connectivity index (χ4n) is 2.14. The molecule has 2 nitrogen and oxygen atoms in total. The second kappa shape index (κ2) is 8.13. The summed E-state index contributed by atoms with van der Waals surface area (Å²) in [6, 6.07) is 16.3. The Bertz CT molecular complexity index is 620. The van der Waals surface area contributed by atoms with Crippen LogP contribution in [0.5, 0.6) is 0 Å². The maximum absolute atomic E-state index is 12.8. The number of amides is 1. The van der Waals surface area contributed by atoms with Crippen LogP contribution in [0.2, 0.25) is 0 Å². The van der Waals surface area contributed by atoms with Crippen molar-refractivity contribution in [1.29, 1.82) is 0 Å². The van der Waals surface area contributed by atoms with Gasteiger partial charge < -0.3 is 5.32 Å². The van der Waals surface area contributed by atoms with Gasteiger partial charge >= 0.3 is 0 Å². The minimum atomic E-state index is -0.281. The topological polar surface area (TPSA) is 29.1 Å². The van der Waals surface area contributed by atoms with Crippen molar-refractivity contribution in [3.63, 3.8) is 0 Å². The molecule has 0 heterocycles. The van der Waals surface area contributed by atoms with Gasteiger partial charge in [0.25, 0.3) is 0 Å². The first kappa shape index (κ1) is 16.0. The molecule has 0 saturated carbocycles. The second-order valence-corrected chi connectivity index (χ2v) is 5.32. The molecule has 2 rings (SSSR count). The molecule has 3 heteroatoms. The van der Waals surface area contributed by atoms with Gasteiger partial charge in [0, 0.05) is 12.1 Å². The van der Waals surface area contributed by atoms with E-state index in [9.17, 15) is 9.18 Å². The van der Waals surface area contributed by atoms with E-state index >= 15 is 0 Å². The van der Waals surface area contributed by atoms with Gasteiger partial charge in [-0.25, -0.2) is 4.39 Å². The average molecular weight is 297 g/mol. The van der Waals surface area contributed by atoms with Gasteiger partial charge in [-0.15, -0.1) is 0 Å². The molecule has 1 N–H and O–H groups in total. The van der Waals surface area contributed by atoms with Gasteiger partial charge in [0.05, 0.1) is 0 Å². The molecule has 0 radical (unpaired) electrons. The van der Waals surface area contributed by atoms with Gasteiger partial charge in [-0.05, 0) is 49.1 Å². The van der Waals surface area contributed by atoms with Crippen LogP contribution in [0.1, 0.15) is 24.5 Å². The highest BCUT2D eigenvalue weighted by Gasteiger charge is 2.05. The smallest absolute Gasteiger partial charge is 0.244 e. The van der Waals surface area contributed by atoms with Gasteiger partial charge in [-0.2, -0.15) is 0 Å². The van der Waals surface area contributed by atoms with Crippen LogP contribution >= 0.6 is 0 Å². The molecule has 1 atom stereocenters. The molecule has 0 fully saturated rings. The quantitative estimate of drug-likeness (QED) is 0.803. The van der Waals surface area contributed by atoms with Gasteiger partial charge in [0.1, 0.15) is 5.82 Å². The molecule has 0 aliphatic rings. The van der Waals surface area contributed by atoms with Crippen molar-refractivity contribution in [3.8, 4) is 0 Å². The fourth-order valence-corrected chi connectivity index (χ4v) is 2.14. The molecular weight excluding hydrogens is 277 g/mol. The number of benzene rings is 2. The summed E-state index contributed by atoms with van der Waals surface area (Å²) in [5.74, 6) is -0.416. The van der Waals surface area contributed by atoms with Crippen LogP contribution in [-0.4, -0.2) is 11.9 Å². The molecule has 0 aliphatic heterocycles. The van der Waals surface area contributed by atoms with Crippen molar-refractivity contribution in [3.05, 3.63) is 77.6 Å². The molecule has 114 valence electrons. The number of carbonyl (C=O) groups is 1. The summed E-state index contributed by atoms with van der Waals surface area (Å²) >= 11 is 0. The number of hydrogen-bond donors (Lipinski definition) is 1. The van der Waals surface area contributed by atoms with E-state index in [1.54, 1.807) is 18.2 Å². The van der Waals surface area contributed by atoms with Crippen LogP contribution in [0.3, 0.4) is 0 Å². The number of rotatable bonds is 6. The second-order valence-electron chi connectivity index (χ2n) is 5.32. The molecule has 0 spiro atoms. The first-order valence-corrected chi connectivity index (χ1v) is 7.41. The Labute approximate surface area is 130 Å². The normalized spacial score (nSPS) is 12.3. The monoisotopic (exact) mass is 297 g/mol. The number of hydrogen-bond acceptors (Lipinski definition) is 1. The maximum atomic E-state index is 12.8. The summed E-state index contributed by atoms with van der Waals surface area (Å²) < 4.78 is 12.8. The summed E-state index contributed by atoms with van der Waals surface area (Å²) in [7, 11) is 0. The lowest BCUT2D eigenvalue weighted by Crippen LogP contribution is -2.31. The summed E-state index contributed by atoms with van der Waals surface area (Å²) in [4.78, 5) is 11.8. The predicted molar refractivity (Wildman–Crippen MR) is 87.8 cm³/mol. The number of carbonyl (C=O) groups excluding carboxylic acids is 1. The maximum Gasteiger partial charge on any atom is 0.244 e. The molecule has 1 amide bonds. The van der Waals surface area contributed by atoms with Gasteiger partial charge in [0.15, 0.2) is 0 Å². The largest absolute Gasteiger partial charge is 0.350 e. The average Bonchev–Trinajstić information content (AvgIpc) is 2.53. The Morgan fingerprint density at radius 2 is 1.82 bits per heavy atom. The van der Waals surface area contributed by atoms with Crippen molar-refractivity contribution in [2.24, 2.45) is 0 Å². The van der Waals surface area contributed by atoms with Crippen LogP contribution in [0, 0.1) is 5.82 Å². The molecule has 0 unspecified atom stereocenters. The third-order valence-electron chi connectivity index (χ3n) is 3.39. The first-order chi connectivity index (χ1) is 10.6. The third-order valence-corrected chi connectivity index (χ3v) is 3.39. The standard InChI is InChI=1S/C19H20FNO/c1-15(7-8-16-5-3-2-4-6-16)21-19(22)14-11-17-9-12-18(20)13-10-17/h2-6,9-15H,7-8H2,1H3,(H,21,22)/b14-11-/t15-/m1/s1. The Kier molecular flexibility index (Phi) is 5.90. The van der Waals surface area contributed by atoms with E-state index in [2.05, 4.69) is 17.4 Å². The van der Waals surface area contributed by atoms with Crippen molar-refractivity contribution < 1.29 is 9.18 Å². The van der Waals surface area contributed by atoms with Gasteiger partial charge in [-0.1, -0.05) is 42.5 Å². The van der Waals surface area contributed by atoms with Crippen molar-refractivity contribution >= 4 is 12.0 Å². The Morgan fingerprint density at radius 1 is 1.14 bits per heavy atom. The lowest BCUT2D eigenvalue weighted by molar-refractivity contribution is -0.117. The van der Waals surface area contributed by atoms with E-state index in [0.717, 1.165) is 18.4 Å². The third kappa shape index (κ3) is 5.52. The zero-order valence-electron chi connectivity index (χ0n) is 12.6. The zero-order chi connectivity index (χ0) is 15.8. The minimum Gasteiger partial charge on any atom is -0.350 e. The highest BCUT2D eigenvalue weighted by Crippen LogP contribution is 2.06. The SMILES string of the molecule is C[C@H](CCc1ccccc1)NC(=O)/C=C\c1ccc(F)cc1. The molecule has 2 aromatic carbocycles. The fraction of sp³-hybridized carbons (Fsp3) is 0.211. The number of halogens is 1. The summed E-state index contributed by atoms with van der Waals surface area (Å²) in [6.45, 7) is 1.99. The van der Waals surface area contributed by atoms with Crippen LogP contribution in [-0.2, 0) is 11.2 Å². The first-order valence-electron chi connectivity index (χ1n) is 7.41. The predicted octanol–water partition coefficient (Wildman–Crippen LogP) is 3.98. The lowest BCUT2D eigenvalue weighted by atomic mass is 10.1. The summed E-state index contributed by atoms with van der Waals surface area (Å²) in [5.41, 5.74) is 2.07. The van der Waals surface area contributed by atoms with Crippen LogP contribution in [0.4, 0.5) is 4.39 Å². The van der Waals surface area contributed by atoms with Gasteiger partial charge in [-0.3, -0.25) is 4.79 Å². The number of aryl methyl sites for hydroxylation is 1. The lowest BCUT2D eigenvalue weighted by Gasteiger charge is -2.12. The summed E-state index contributed by atoms with van der Waals surface area (Å²) in [5, 5.41) is 2.93. The van der Waals surface area contributed by atoms with Gasteiger partial charge in [0.2, 0.25) is 5.91 Å². The summed E-state index contributed by atoms with van der Waals surface area (Å²) in [6.07, 6.45) is 4.98. The number of nitrogens with one attached hydrogen (secondary N) is 1. The molecule has 0 saturated heterocycles. The van der Waals surface area contributed by atoms with E-state index in [1.165, 1.54) is 23.8 Å². The molecule has 0 aromatic heterocycles. The van der Waals surface area contributed by atoms with E-state index in [0.29, 0.717) is 0 Å². The van der Waals surface area contributed by atoms with Crippen LogP contribution in [0.25, 0.3) is 6.08 Å². The zero-order valence-corrected chi connectivity index (χ0v) is 12.6. The highest BCUT2D eigenvalue weighted by molar-refractivity contribution is 5.91. The highest BCUT2D eigenvalue weighted by atomic mass is 19.1. The Balaban J connectivity index is 1.77. The Morgan fingerprint density at radius 3 is 2.50 bits per heavy atom. The molecule has 0 bridgehead atoms. The van der Waals surface area contributed by atoms with Crippen LogP contribution < -0.4 is 5.32 Å². The van der Waals surface area contributed by atoms with E-state index in [1.807, 2.05) is 25.1 Å². The van der Waals surface area contributed by atoms with E-state index in [-0.39, 0.29) is 17.8 Å². The van der Waals surface area contributed by atoms with E-state index in [4.69, 9.17) is 0 Å². The van der Waals surface area contributed by atoms with Crippen LogP contribution in [0.15, 0.2) is 60.7 Å². The molecule has 2 aromatic rings. The van der Waals surface area contributed by atoms with E-state index < -0.39 is 0 Å². The van der Waals surface area contributed by atoms with Crippen molar-refractivity contribution in [2.45, 2.75) is 25.8 Å². The molecular formula is C19H20FNO. The molecule has 22 heavy (non-hydrogen) atoms. The van der Waals surface area contributed by atoms with Crippen molar-refractivity contribution in [1.82, 2.24) is 5.32 Å². The minimum absolute atomic E-state index is 0.102. The Hall–Kier alpha value is -2.42. The van der Waals surface area contributed by atoms with Crippen molar-refractivity contribution in [2.75, 3.05) is 0 Å².